The number of carbonyl (C=O) groups excluding carboxylic acids is 3. The highest BCUT2D eigenvalue weighted by Crippen LogP contribution is 2.42. The van der Waals surface area contributed by atoms with Gasteiger partial charge in [-0.25, -0.2) is 25.4 Å². The Balaban J connectivity index is 0.000000126. The Labute approximate surface area is 641 Å². The lowest BCUT2D eigenvalue weighted by atomic mass is 9.85. The number of rotatable bonds is 11. The fourth-order valence-corrected chi connectivity index (χ4v) is 16.9. The Hall–Kier alpha value is -9.15. The second-order valence-electron chi connectivity index (χ2n) is 27.5. The number of fused-ring (bicyclic) bond motifs is 5. The molecule has 0 radical (unpaired) electrons. The van der Waals surface area contributed by atoms with E-state index in [1.54, 1.807) is 43.8 Å². The summed E-state index contributed by atoms with van der Waals surface area (Å²) < 4.78 is 91.2. The number of nitrogens with zero attached hydrogens (tertiary/aromatic N) is 13. The van der Waals surface area contributed by atoms with Crippen molar-refractivity contribution in [1.29, 1.82) is 0 Å². The topological polar surface area (TPSA) is 310 Å². The van der Waals surface area contributed by atoms with Crippen LogP contribution in [-0.4, -0.2) is 227 Å². The van der Waals surface area contributed by atoms with Crippen LogP contribution >= 0.6 is 46.4 Å². The van der Waals surface area contributed by atoms with Crippen LogP contribution in [0.1, 0.15) is 58.8 Å². The number of likely N-dealkylation sites (tertiary alicyclic amines) is 1. The standard InChI is InChI=1S/C16H19ClN4O.C15H12ClN3O.C14H19ClN4O2S.C14H15F3N4O2.C13H17ClN4O2S/c1-20-15(22)2-3-16(20)4-6-21(7-5-16)14-9-11(17)8-13-12(14)10-18-19-13;1-9(20)18-12-4-2-10(3-5-12)13-6-11(16)7-15-14(13)8-17-19-15;1-18(22(2,20)21)11-4-3-5-19(9-11)14-7-10(15)6-13-12(14)8-16-17-13;1-9(22)20-2-4-21(5-3-20)13-7-10(23-14(15,16)17)6-12-11(13)8-18-19-12;1-17(21(2,19)20)10-3-4-18(8-10)13-6-9(14)5-12-11(13)7-15-16-12/h8-10H,2-7H2,1H3,(H,18,19);2-8H,1H3,(H,17,19)(H,18,20);6-8,11H,3-5,9H2,1-2H3,(H,16,17);6-8H,2-5H2,1H3,(H,18,19);5-7,10H,3-4,8H2,1-2H3,(H,15,16). The summed E-state index contributed by atoms with van der Waals surface area (Å²) in [5.74, 6) is -0.100. The number of alkyl halides is 3. The number of likely N-dealkylation sites (N-methyl/N-ethyl adjacent to an activating group) is 2. The summed E-state index contributed by atoms with van der Waals surface area (Å²) in [5.41, 5.74) is 10.7. The lowest BCUT2D eigenvalue weighted by Gasteiger charge is -2.44. The van der Waals surface area contributed by atoms with Gasteiger partial charge in [0, 0.05) is 206 Å². The molecule has 5 aromatic heterocycles. The number of nitrogens with one attached hydrogen (secondary N) is 6. The van der Waals surface area contributed by atoms with Crippen molar-refractivity contribution in [3.05, 3.63) is 136 Å². The van der Waals surface area contributed by atoms with Gasteiger partial charge < -0.3 is 39.5 Å². The van der Waals surface area contributed by atoms with E-state index in [0.29, 0.717) is 72.0 Å². The molecule has 10 heterocycles. The summed E-state index contributed by atoms with van der Waals surface area (Å²) in [7, 11) is -1.12. The first kappa shape index (κ1) is 78.4. The summed E-state index contributed by atoms with van der Waals surface area (Å²) in [6, 6.07) is 25.4. The minimum Gasteiger partial charge on any atom is -0.406 e. The number of hydrogen-bond donors (Lipinski definition) is 6. The molecule has 6 N–H and O–H groups in total. The highest BCUT2D eigenvalue weighted by Gasteiger charge is 2.45. The van der Waals surface area contributed by atoms with Crippen LogP contribution in [0.4, 0.5) is 41.6 Å². The lowest BCUT2D eigenvalue weighted by molar-refractivity contribution is -0.274. The smallest absolute Gasteiger partial charge is 0.406 e. The maximum atomic E-state index is 12.5. The van der Waals surface area contributed by atoms with Crippen molar-refractivity contribution in [2.24, 2.45) is 0 Å². The molecular formula is C72H82Cl4F3N19O8S2. The molecule has 5 aliphatic rings. The zero-order valence-corrected chi connectivity index (χ0v) is 64.8. The number of amides is 3. The number of halogens is 7. The maximum absolute atomic E-state index is 12.5. The van der Waals surface area contributed by atoms with Crippen LogP contribution in [0.2, 0.25) is 20.1 Å². The summed E-state index contributed by atoms with van der Waals surface area (Å²) in [5, 5.41) is 44.9. The normalized spacial score (nSPS) is 17.6. The van der Waals surface area contributed by atoms with E-state index in [2.05, 4.69) is 75.7 Å². The SMILES string of the molecule is CC(=O)N1CCN(c2cc(OC(F)(F)F)cc3[nH]ncc23)CC1.CC(=O)Nc1ccc(-c2cc(Cl)cc3[nH]ncc23)cc1.CN(C1CCCN(c2cc(Cl)cc3[nH]ncc23)C1)S(C)(=O)=O.CN(C1CCN(c2cc(Cl)cc3[nH]ncc23)C1)S(C)(=O)=O.CN1C(=O)CCC12CCN(c1cc(Cl)cc3[nH]ncc13)CC2. The van der Waals surface area contributed by atoms with Crippen molar-refractivity contribution < 1.29 is 49.1 Å². The van der Waals surface area contributed by atoms with Crippen molar-refractivity contribution in [2.45, 2.75) is 82.8 Å². The Kier molecular flexibility index (Phi) is 23.7. The van der Waals surface area contributed by atoms with Gasteiger partial charge in [0.25, 0.3) is 0 Å². The van der Waals surface area contributed by atoms with E-state index < -0.39 is 26.4 Å². The molecule has 5 fully saturated rings. The molecule has 2 unspecified atom stereocenters. The van der Waals surface area contributed by atoms with Gasteiger partial charge in [-0.2, -0.15) is 25.5 Å². The predicted octanol–water partition coefficient (Wildman–Crippen LogP) is 12.5. The zero-order chi connectivity index (χ0) is 77.1. The molecule has 3 amide bonds. The average molecular weight is 1600 g/mol. The predicted molar refractivity (Wildman–Crippen MR) is 419 cm³/mol. The van der Waals surface area contributed by atoms with Crippen LogP contribution in [-0.2, 0) is 34.4 Å². The molecule has 574 valence electrons. The minimum atomic E-state index is -4.75. The van der Waals surface area contributed by atoms with Crippen molar-refractivity contribution in [3.8, 4) is 16.9 Å². The number of aromatic nitrogens is 10. The molecule has 11 aromatic rings. The van der Waals surface area contributed by atoms with Crippen molar-refractivity contribution in [1.82, 2.24) is 69.4 Å². The average Bonchev–Trinajstić information content (AvgIpc) is 1.62. The summed E-state index contributed by atoms with van der Waals surface area (Å²) in [4.78, 5) is 46.6. The summed E-state index contributed by atoms with van der Waals surface area (Å²) in [6.07, 6.45) is 12.8. The van der Waals surface area contributed by atoms with Crippen LogP contribution in [0.5, 0.6) is 5.75 Å². The van der Waals surface area contributed by atoms with Gasteiger partial charge in [-0.3, -0.25) is 39.9 Å². The molecule has 0 bridgehead atoms. The molecule has 36 heteroatoms. The first-order valence-electron chi connectivity index (χ1n) is 34.8. The Morgan fingerprint density at radius 1 is 0.546 bits per heavy atom. The highest BCUT2D eigenvalue weighted by molar-refractivity contribution is 7.88. The Bertz CT molecular complexity index is 5320. The van der Waals surface area contributed by atoms with Gasteiger partial charge in [0.15, 0.2) is 0 Å². The summed E-state index contributed by atoms with van der Waals surface area (Å²) >= 11 is 24.7. The highest BCUT2D eigenvalue weighted by atomic mass is 35.5. The summed E-state index contributed by atoms with van der Waals surface area (Å²) in [6.45, 7) is 10.00. The number of piperidine rings is 2. The number of sulfonamides is 2. The van der Waals surface area contributed by atoms with Gasteiger partial charge in [-0.1, -0.05) is 58.5 Å². The molecule has 6 aromatic carbocycles. The van der Waals surface area contributed by atoms with Crippen LogP contribution in [0.15, 0.2) is 116 Å². The van der Waals surface area contributed by atoms with E-state index in [1.807, 2.05) is 95.8 Å². The first-order valence-corrected chi connectivity index (χ1v) is 40.0. The van der Waals surface area contributed by atoms with E-state index in [0.717, 1.165) is 153 Å². The number of hydrogen-bond acceptors (Lipinski definition) is 17. The second kappa shape index (κ2) is 32.6. The molecule has 27 nitrogen and oxygen atoms in total. The van der Waals surface area contributed by atoms with Gasteiger partial charge in [0.05, 0.1) is 76.8 Å². The maximum Gasteiger partial charge on any atom is 0.573 e. The largest absolute Gasteiger partial charge is 0.573 e. The van der Waals surface area contributed by atoms with Crippen molar-refractivity contribution >= 4 is 167 Å². The van der Waals surface area contributed by atoms with Gasteiger partial charge in [-0.15, -0.1) is 13.2 Å². The van der Waals surface area contributed by atoms with E-state index >= 15 is 0 Å². The number of anilines is 5. The molecule has 108 heavy (non-hydrogen) atoms. The lowest BCUT2D eigenvalue weighted by Crippen LogP contribution is -2.51. The fraction of sp³-hybridized carbons (Fsp3) is 0.389. The number of carbonyl (C=O) groups is 3. The van der Waals surface area contributed by atoms with E-state index in [9.17, 15) is 44.4 Å². The first-order chi connectivity index (χ1) is 51.3. The monoisotopic (exact) mass is 1600 g/mol. The molecule has 5 aliphatic heterocycles. The molecular weight excluding hydrogens is 1520 g/mol. The molecule has 5 saturated heterocycles. The van der Waals surface area contributed by atoms with Gasteiger partial charge in [0.1, 0.15) is 5.75 Å². The van der Waals surface area contributed by atoms with Crippen LogP contribution in [0, 0.1) is 0 Å². The van der Waals surface area contributed by atoms with Crippen LogP contribution < -0.4 is 29.7 Å². The third kappa shape index (κ3) is 18.2. The van der Waals surface area contributed by atoms with Crippen LogP contribution in [0.25, 0.3) is 65.6 Å². The second-order valence-corrected chi connectivity index (χ2v) is 33.3. The van der Waals surface area contributed by atoms with Gasteiger partial charge in [0.2, 0.25) is 37.8 Å². The number of aromatic amines is 5. The minimum absolute atomic E-state index is 0.00716. The number of H-pyrrole nitrogens is 5. The van der Waals surface area contributed by atoms with E-state index in [1.165, 1.54) is 47.1 Å². The molecule has 0 aliphatic carbocycles. The third-order valence-corrected chi connectivity index (χ3v) is 24.2. The van der Waals surface area contributed by atoms with Gasteiger partial charge >= 0.3 is 6.36 Å². The quantitative estimate of drug-likeness (QED) is 0.0701. The number of ether oxygens (including phenoxy) is 1. The number of benzene rings is 6. The van der Waals surface area contributed by atoms with Crippen molar-refractivity contribution in [3.63, 3.8) is 0 Å². The van der Waals surface area contributed by atoms with Crippen LogP contribution in [0.3, 0.4) is 0 Å². The molecule has 1 spiro atoms. The number of piperazine rings is 1. The van der Waals surface area contributed by atoms with E-state index in [4.69, 9.17) is 46.4 Å². The molecule has 0 saturated carbocycles. The molecule has 16 rings (SSSR count). The Morgan fingerprint density at radius 2 is 0.963 bits per heavy atom. The van der Waals surface area contributed by atoms with E-state index in [-0.39, 0.29) is 41.1 Å². The van der Waals surface area contributed by atoms with Crippen molar-refractivity contribution in [2.75, 3.05) is 124 Å². The fourth-order valence-electron chi connectivity index (χ4n) is 14.7. The zero-order valence-electron chi connectivity index (χ0n) is 60.2. The Morgan fingerprint density at radius 3 is 1.41 bits per heavy atom. The third-order valence-electron chi connectivity index (χ3n) is 20.6. The molecule has 2 atom stereocenters. The van der Waals surface area contributed by atoms with Gasteiger partial charge in [-0.05, 0) is 110 Å².